The molecule has 4 nitrogen and oxygen atoms in total. The molecule has 7 heteroatoms. The van der Waals surface area contributed by atoms with E-state index in [1.54, 1.807) is 24.3 Å². The van der Waals surface area contributed by atoms with Crippen LogP contribution in [0.3, 0.4) is 0 Å². The summed E-state index contributed by atoms with van der Waals surface area (Å²) in [5.74, 6) is 0.227. The molecule has 1 aliphatic carbocycles. The van der Waals surface area contributed by atoms with Gasteiger partial charge in [0, 0.05) is 18.2 Å². The van der Waals surface area contributed by atoms with Gasteiger partial charge in [0.25, 0.3) is 0 Å². The van der Waals surface area contributed by atoms with Crippen LogP contribution < -0.4 is 10.9 Å². The zero-order valence-corrected chi connectivity index (χ0v) is 23.1. The van der Waals surface area contributed by atoms with Crippen LogP contribution in [0.25, 0.3) is 11.1 Å². The number of nitrogens with zero attached hydrogens (tertiary/aromatic N) is 1. The van der Waals surface area contributed by atoms with Gasteiger partial charge in [0.1, 0.15) is 16.8 Å². The van der Waals surface area contributed by atoms with Crippen molar-refractivity contribution in [3.05, 3.63) is 99.5 Å². The van der Waals surface area contributed by atoms with E-state index >= 15 is 0 Å². The molecule has 0 spiro atoms. The first-order chi connectivity index (χ1) is 17.0. The third kappa shape index (κ3) is 6.83. The van der Waals surface area contributed by atoms with Gasteiger partial charge in [0.15, 0.2) is 0 Å². The van der Waals surface area contributed by atoms with Gasteiger partial charge in [-0.05, 0) is 84.1 Å². The third-order valence-electron chi connectivity index (χ3n) is 6.36. The second-order valence-corrected chi connectivity index (χ2v) is 11.2. The maximum Gasteiger partial charge on any atom is 0.141 e. The van der Waals surface area contributed by atoms with Crippen LogP contribution in [-0.4, -0.2) is 23.2 Å². The number of hydrogen-bond acceptors (Lipinski definition) is 3. The van der Waals surface area contributed by atoms with E-state index in [9.17, 15) is 8.60 Å². The van der Waals surface area contributed by atoms with Crippen molar-refractivity contribution < 1.29 is 8.60 Å². The Kier molecular flexibility index (Phi) is 9.47. The van der Waals surface area contributed by atoms with E-state index in [1.807, 2.05) is 26.2 Å². The zero-order chi connectivity index (χ0) is 26.6. The molecule has 1 aliphatic rings. The molecule has 0 bridgehead atoms. The van der Waals surface area contributed by atoms with Gasteiger partial charge < -0.3 is 10.6 Å². The molecule has 0 aliphatic heterocycles. The van der Waals surface area contributed by atoms with E-state index in [0.717, 1.165) is 29.8 Å². The summed E-state index contributed by atoms with van der Waals surface area (Å²) in [5.41, 5.74) is 14.2. The van der Waals surface area contributed by atoms with Crippen molar-refractivity contribution in [1.29, 1.82) is 0 Å². The van der Waals surface area contributed by atoms with E-state index in [1.165, 1.54) is 28.3 Å². The monoisotopic (exact) mass is 527 g/mol. The van der Waals surface area contributed by atoms with Crippen molar-refractivity contribution in [2.75, 3.05) is 14.1 Å². The maximum atomic E-state index is 13.5. The topological polar surface area (TPSA) is 72.3 Å². The summed E-state index contributed by atoms with van der Waals surface area (Å²) in [6.45, 7) is 7.42. The standard InChI is InChI=1S/C20H21ClFN.C9H14N2OS/c1-11(2)16-8-14(13-4-6-19(22)18(21)10-13)9-17-12(3)20(23)7-5-15(16)17;1-11(2)7-8-3-5-9(6-4-8)13(10)12/h4,6-12H,5,23H2,1-3H3;3-6H,7,10H2,1-2H3. The van der Waals surface area contributed by atoms with Crippen LogP contribution in [0.4, 0.5) is 4.39 Å². The largest absolute Gasteiger partial charge is 0.402 e. The van der Waals surface area contributed by atoms with Crippen molar-refractivity contribution in [3.8, 4) is 11.1 Å². The summed E-state index contributed by atoms with van der Waals surface area (Å²) in [7, 11) is 2.65. The van der Waals surface area contributed by atoms with Gasteiger partial charge in [-0.2, -0.15) is 0 Å². The average molecular weight is 528 g/mol. The van der Waals surface area contributed by atoms with Crippen LogP contribution in [0.5, 0.6) is 0 Å². The predicted octanol–water partition coefficient (Wildman–Crippen LogP) is 6.50. The summed E-state index contributed by atoms with van der Waals surface area (Å²) in [6, 6.07) is 16.8. The second kappa shape index (κ2) is 12.2. The van der Waals surface area contributed by atoms with Crippen LogP contribution in [0.15, 0.2) is 71.3 Å². The summed E-state index contributed by atoms with van der Waals surface area (Å²) in [6.07, 6.45) is 3.00. The molecule has 36 heavy (non-hydrogen) atoms. The molecule has 0 fully saturated rings. The molecule has 0 heterocycles. The number of nitrogens with two attached hydrogens (primary N) is 2. The van der Waals surface area contributed by atoms with E-state index in [0.29, 0.717) is 10.8 Å². The average Bonchev–Trinajstić information content (AvgIpc) is 2.83. The second-order valence-electron chi connectivity index (χ2n) is 9.73. The lowest BCUT2D eigenvalue weighted by molar-refractivity contribution is 0.402. The highest BCUT2D eigenvalue weighted by atomic mass is 35.5. The Morgan fingerprint density at radius 2 is 1.75 bits per heavy atom. The third-order valence-corrected chi connectivity index (χ3v) is 7.38. The highest BCUT2D eigenvalue weighted by molar-refractivity contribution is 7.82. The molecule has 2 atom stereocenters. The molecular formula is C29H35ClFN3OS. The molecule has 3 aromatic rings. The summed E-state index contributed by atoms with van der Waals surface area (Å²) >= 11 is 5.96. The molecule has 0 saturated carbocycles. The fourth-order valence-electron chi connectivity index (χ4n) is 4.37. The number of fused-ring (bicyclic) bond motifs is 1. The van der Waals surface area contributed by atoms with Crippen LogP contribution in [-0.2, 0) is 24.0 Å². The number of benzene rings is 3. The summed E-state index contributed by atoms with van der Waals surface area (Å²) in [4.78, 5) is 2.75. The zero-order valence-electron chi connectivity index (χ0n) is 21.5. The molecule has 0 amide bonds. The normalized spacial score (nSPS) is 15.7. The van der Waals surface area contributed by atoms with Gasteiger partial charge in [-0.15, -0.1) is 0 Å². The van der Waals surface area contributed by atoms with Crippen LogP contribution in [0.2, 0.25) is 5.02 Å². The molecule has 0 radical (unpaired) electrons. The lowest BCUT2D eigenvalue weighted by Crippen LogP contribution is -2.16. The number of allylic oxidation sites excluding steroid dienone is 2. The Morgan fingerprint density at radius 3 is 2.31 bits per heavy atom. The van der Waals surface area contributed by atoms with Crippen molar-refractivity contribution in [2.24, 2.45) is 10.9 Å². The lowest BCUT2D eigenvalue weighted by Gasteiger charge is -2.26. The minimum atomic E-state index is -1.36. The molecule has 192 valence electrons. The fourth-order valence-corrected chi connectivity index (χ4v) is 4.95. The highest BCUT2D eigenvalue weighted by Crippen LogP contribution is 2.38. The SMILES string of the molecule is CC(C)c1cc(-c2ccc(F)c(Cl)c2)cc2c1CC=C(N)C2C.CN(C)Cc1ccc(S(N)=O)cc1. The van der Waals surface area contributed by atoms with Crippen molar-refractivity contribution >= 4 is 22.6 Å². The van der Waals surface area contributed by atoms with Gasteiger partial charge in [-0.1, -0.05) is 68.8 Å². The van der Waals surface area contributed by atoms with Crippen LogP contribution in [0, 0.1) is 5.82 Å². The van der Waals surface area contributed by atoms with E-state index in [4.69, 9.17) is 22.5 Å². The number of halogens is 2. The Morgan fingerprint density at radius 1 is 1.08 bits per heavy atom. The Bertz CT molecular complexity index is 1270. The molecule has 0 saturated heterocycles. The predicted molar refractivity (Wildman–Crippen MR) is 150 cm³/mol. The van der Waals surface area contributed by atoms with E-state index in [2.05, 4.69) is 43.9 Å². The van der Waals surface area contributed by atoms with Crippen molar-refractivity contribution in [2.45, 2.75) is 50.5 Å². The van der Waals surface area contributed by atoms with Crippen molar-refractivity contribution in [1.82, 2.24) is 4.90 Å². The first-order valence-electron chi connectivity index (χ1n) is 11.9. The van der Waals surface area contributed by atoms with E-state index in [-0.39, 0.29) is 10.9 Å². The molecule has 0 aromatic heterocycles. The molecule has 4 N–H and O–H groups in total. The quantitative estimate of drug-likeness (QED) is 0.397. The summed E-state index contributed by atoms with van der Waals surface area (Å²) in [5, 5.41) is 5.38. The molecule has 4 rings (SSSR count). The maximum absolute atomic E-state index is 13.5. The van der Waals surface area contributed by atoms with Crippen molar-refractivity contribution in [3.63, 3.8) is 0 Å². The first kappa shape index (κ1) is 28.1. The molecular weight excluding hydrogens is 493 g/mol. The van der Waals surface area contributed by atoms with Gasteiger partial charge in [0.05, 0.1) is 9.92 Å². The van der Waals surface area contributed by atoms with Gasteiger partial charge in [0.2, 0.25) is 0 Å². The van der Waals surface area contributed by atoms with Crippen LogP contribution in [0.1, 0.15) is 54.9 Å². The fraction of sp³-hybridized carbons (Fsp3) is 0.310. The Labute approximate surface area is 221 Å². The lowest BCUT2D eigenvalue weighted by atomic mass is 9.79. The highest BCUT2D eigenvalue weighted by Gasteiger charge is 2.22. The summed E-state index contributed by atoms with van der Waals surface area (Å²) < 4.78 is 24.3. The Balaban J connectivity index is 0.000000236. The van der Waals surface area contributed by atoms with E-state index < -0.39 is 16.8 Å². The van der Waals surface area contributed by atoms with Gasteiger partial charge in [-0.25, -0.2) is 13.7 Å². The number of rotatable bonds is 5. The minimum absolute atomic E-state index is 0.152. The first-order valence-corrected chi connectivity index (χ1v) is 13.5. The number of hydrogen-bond donors (Lipinski definition) is 2. The molecule has 2 unspecified atom stereocenters. The smallest absolute Gasteiger partial charge is 0.141 e. The Hall–Kier alpha value is -2.51. The van der Waals surface area contributed by atoms with Gasteiger partial charge in [-0.3, -0.25) is 0 Å². The molecule has 3 aromatic carbocycles. The van der Waals surface area contributed by atoms with Crippen LogP contribution >= 0.6 is 11.6 Å². The van der Waals surface area contributed by atoms with Gasteiger partial charge >= 0.3 is 0 Å². The minimum Gasteiger partial charge on any atom is -0.402 e.